The van der Waals surface area contributed by atoms with Crippen molar-refractivity contribution in [1.82, 2.24) is 16.0 Å². The molecule has 0 unspecified atom stereocenters. The van der Waals surface area contributed by atoms with Crippen LogP contribution >= 0.6 is 24.0 Å². The van der Waals surface area contributed by atoms with Gasteiger partial charge in [-0.2, -0.15) is 0 Å². The van der Waals surface area contributed by atoms with E-state index in [1.54, 1.807) is 23.1 Å². The minimum Gasteiger partial charge on any atom is -0.348 e. The first-order valence-electron chi connectivity index (χ1n) is 8.56. The fourth-order valence-corrected chi connectivity index (χ4v) is 3.52. The van der Waals surface area contributed by atoms with Crippen molar-refractivity contribution in [1.29, 1.82) is 0 Å². The Labute approximate surface area is 168 Å². The van der Waals surface area contributed by atoms with E-state index >= 15 is 0 Å². The van der Waals surface area contributed by atoms with Gasteiger partial charge in [-0.3, -0.25) is 9.69 Å². The highest BCUT2D eigenvalue weighted by Crippen LogP contribution is 2.28. The molecular weight excluding hydrogens is 387 g/mol. The van der Waals surface area contributed by atoms with Crippen LogP contribution in [0.2, 0.25) is 5.02 Å². The molecule has 2 aliphatic heterocycles. The Kier molecular flexibility index (Phi) is 5.89. The van der Waals surface area contributed by atoms with Crippen molar-refractivity contribution in [3.8, 4) is 0 Å². The van der Waals surface area contributed by atoms with Gasteiger partial charge in [0.05, 0.1) is 10.7 Å². The lowest BCUT2D eigenvalue weighted by molar-refractivity contribution is 0.0951. The highest BCUT2D eigenvalue weighted by molar-refractivity contribution is 6.34. The zero-order chi connectivity index (χ0) is 18.1. The van der Waals surface area contributed by atoms with E-state index in [4.69, 9.17) is 11.6 Å². The molecule has 0 aromatic heterocycles. The maximum atomic E-state index is 12.5. The summed E-state index contributed by atoms with van der Waals surface area (Å²) in [5.74, 6) is -0.193. The Morgan fingerprint density at radius 2 is 1.96 bits per heavy atom. The molecule has 0 saturated carbocycles. The summed E-state index contributed by atoms with van der Waals surface area (Å²) in [5.41, 5.74) is 4.69. The van der Waals surface area contributed by atoms with Crippen LogP contribution in [0.3, 0.4) is 0 Å². The molecule has 0 bridgehead atoms. The number of rotatable bonds is 4. The number of nitrogens with zero attached hydrogens (tertiary/aromatic N) is 1. The van der Waals surface area contributed by atoms with Gasteiger partial charge in [0.25, 0.3) is 5.91 Å². The van der Waals surface area contributed by atoms with Crippen LogP contribution in [-0.2, 0) is 19.6 Å². The van der Waals surface area contributed by atoms with Gasteiger partial charge in [0, 0.05) is 38.3 Å². The normalized spacial score (nSPS) is 15.1. The van der Waals surface area contributed by atoms with Gasteiger partial charge in [-0.25, -0.2) is 4.79 Å². The summed E-state index contributed by atoms with van der Waals surface area (Å²) < 4.78 is 0. The molecule has 3 N–H and O–H groups in total. The molecule has 6 nitrogen and oxygen atoms in total. The topological polar surface area (TPSA) is 73.5 Å². The molecule has 142 valence electrons. The molecule has 3 amide bonds. The number of carbonyl (C=O) groups excluding carboxylic acids is 2. The zero-order valence-corrected chi connectivity index (χ0v) is 16.1. The monoisotopic (exact) mass is 406 g/mol. The van der Waals surface area contributed by atoms with Gasteiger partial charge in [-0.15, -0.1) is 12.4 Å². The number of hydrogen-bond donors (Lipinski definition) is 3. The number of fused-ring (bicyclic) bond motifs is 1. The van der Waals surface area contributed by atoms with Crippen LogP contribution < -0.4 is 20.9 Å². The minimum absolute atomic E-state index is 0. The number of anilines is 1. The first-order valence-corrected chi connectivity index (χ1v) is 8.94. The van der Waals surface area contributed by atoms with Gasteiger partial charge >= 0.3 is 6.03 Å². The first kappa shape index (κ1) is 19.5. The molecule has 2 aliphatic rings. The minimum atomic E-state index is -0.198. The fraction of sp³-hybridized carbons (Fsp3) is 0.263. The van der Waals surface area contributed by atoms with Gasteiger partial charge in [-0.1, -0.05) is 29.8 Å². The lowest BCUT2D eigenvalue weighted by atomic mass is 10.1. The molecule has 0 atom stereocenters. The highest BCUT2D eigenvalue weighted by atomic mass is 35.5. The van der Waals surface area contributed by atoms with Crippen molar-refractivity contribution in [3.63, 3.8) is 0 Å². The van der Waals surface area contributed by atoms with Gasteiger partial charge < -0.3 is 16.0 Å². The molecular formula is C19H20Cl2N4O2. The molecule has 27 heavy (non-hydrogen) atoms. The van der Waals surface area contributed by atoms with E-state index in [1.807, 2.05) is 6.07 Å². The third kappa shape index (κ3) is 4.03. The lowest BCUT2D eigenvalue weighted by Crippen LogP contribution is -2.28. The standard InChI is InChI=1S/C19H19ClN4O2.ClH/c20-16-4-3-13(8-17(16)24-6-5-22-19(24)26)18(25)23-9-12-1-2-14-10-21-11-15(14)7-12;/h1-4,7-8,21H,5-6,9-11H2,(H,22,26)(H,23,25);1H. The summed E-state index contributed by atoms with van der Waals surface area (Å²) in [6, 6.07) is 11.0. The Morgan fingerprint density at radius 1 is 1.15 bits per heavy atom. The number of halogens is 2. The van der Waals surface area contributed by atoms with Crippen molar-refractivity contribution >= 4 is 41.6 Å². The van der Waals surface area contributed by atoms with Crippen molar-refractivity contribution in [2.24, 2.45) is 0 Å². The van der Waals surface area contributed by atoms with Crippen molar-refractivity contribution in [3.05, 3.63) is 63.7 Å². The van der Waals surface area contributed by atoms with E-state index in [2.05, 4.69) is 28.1 Å². The number of benzene rings is 2. The van der Waals surface area contributed by atoms with Crippen molar-refractivity contribution in [2.45, 2.75) is 19.6 Å². The second kappa shape index (κ2) is 8.17. The number of hydrogen-bond acceptors (Lipinski definition) is 3. The van der Waals surface area contributed by atoms with Crippen molar-refractivity contribution in [2.75, 3.05) is 18.0 Å². The van der Waals surface area contributed by atoms with Crippen LogP contribution in [0.15, 0.2) is 36.4 Å². The van der Waals surface area contributed by atoms with E-state index in [0.717, 1.165) is 18.7 Å². The van der Waals surface area contributed by atoms with Gasteiger partial charge in [0.2, 0.25) is 0 Å². The van der Waals surface area contributed by atoms with Crippen LogP contribution in [0, 0.1) is 0 Å². The van der Waals surface area contributed by atoms with Crippen molar-refractivity contribution < 1.29 is 9.59 Å². The molecule has 2 heterocycles. The molecule has 0 spiro atoms. The highest BCUT2D eigenvalue weighted by Gasteiger charge is 2.24. The van der Waals surface area contributed by atoms with Gasteiger partial charge in [0.1, 0.15) is 0 Å². The predicted molar refractivity (Wildman–Crippen MR) is 108 cm³/mol. The van der Waals surface area contributed by atoms with E-state index < -0.39 is 0 Å². The SMILES string of the molecule is Cl.O=C(NCc1ccc2c(c1)CNC2)c1ccc(Cl)c(N2CCNC2=O)c1. The molecule has 4 rings (SSSR count). The average molecular weight is 407 g/mol. The summed E-state index contributed by atoms with van der Waals surface area (Å²) in [4.78, 5) is 25.9. The Balaban J connectivity index is 0.00000210. The Hall–Kier alpha value is -2.28. The van der Waals surface area contributed by atoms with E-state index in [0.29, 0.717) is 35.9 Å². The summed E-state index contributed by atoms with van der Waals surface area (Å²) >= 11 is 6.21. The zero-order valence-electron chi connectivity index (χ0n) is 14.5. The molecule has 1 fully saturated rings. The van der Waals surface area contributed by atoms with Crippen LogP contribution in [-0.4, -0.2) is 25.0 Å². The molecule has 2 aromatic carbocycles. The number of carbonyl (C=O) groups is 2. The Bertz CT molecular complexity index is 888. The predicted octanol–water partition coefficient (Wildman–Crippen LogP) is 2.82. The molecule has 2 aromatic rings. The summed E-state index contributed by atoms with van der Waals surface area (Å²) in [6.07, 6.45) is 0. The third-order valence-corrected chi connectivity index (χ3v) is 5.03. The van der Waals surface area contributed by atoms with E-state index in [1.165, 1.54) is 11.1 Å². The van der Waals surface area contributed by atoms with E-state index in [-0.39, 0.29) is 24.3 Å². The maximum absolute atomic E-state index is 12.5. The quantitative estimate of drug-likeness (QED) is 0.730. The molecule has 0 radical (unpaired) electrons. The fourth-order valence-electron chi connectivity index (χ4n) is 3.30. The second-order valence-corrected chi connectivity index (χ2v) is 6.85. The smallest absolute Gasteiger partial charge is 0.322 e. The number of amides is 3. The van der Waals surface area contributed by atoms with E-state index in [9.17, 15) is 9.59 Å². The second-order valence-electron chi connectivity index (χ2n) is 6.44. The van der Waals surface area contributed by atoms with Gasteiger partial charge in [-0.05, 0) is 34.9 Å². The lowest BCUT2D eigenvalue weighted by Gasteiger charge is -2.17. The Morgan fingerprint density at radius 3 is 2.74 bits per heavy atom. The molecule has 0 aliphatic carbocycles. The average Bonchev–Trinajstić information content (AvgIpc) is 3.28. The van der Waals surface area contributed by atoms with Crippen LogP contribution in [0.25, 0.3) is 0 Å². The maximum Gasteiger partial charge on any atom is 0.322 e. The third-order valence-electron chi connectivity index (χ3n) is 4.71. The number of urea groups is 1. The van der Waals surface area contributed by atoms with Crippen LogP contribution in [0.5, 0.6) is 0 Å². The first-order chi connectivity index (χ1) is 12.6. The summed E-state index contributed by atoms with van der Waals surface area (Å²) in [6.45, 7) is 3.33. The summed E-state index contributed by atoms with van der Waals surface area (Å²) in [5, 5.41) is 9.43. The molecule has 1 saturated heterocycles. The largest absolute Gasteiger partial charge is 0.348 e. The van der Waals surface area contributed by atoms with Gasteiger partial charge in [0.15, 0.2) is 0 Å². The number of nitrogens with one attached hydrogen (secondary N) is 3. The summed E-state index contributed by atoms with van der Waals surface area (Å²) in [7, 11) is 0. The van der Waals surface area contributed by atoms with Crippen LogP contribution in [0.1, 0.15) is 27.0 Å². The van der Waals surface area contributed by atoms with Crippen LogP contribution in [0.4, 0.5) is 10.5 Å². The molecule has 8 heteroatoms.